The zero-order valence-corrected chi connectivity index (χ0v) is 11.4. The molecule has 0 aromatic heterocycles. The third-order valence-electron chi connectivity index (χ3n) is 3.54. The van der Waals surface area contributed by atoms with E-state index in [-0.39, 0.29) is 0 Å². The van der Waals surface area contributed by atoms with Gasteiger partial charge in [0, 0.05) is 17.8 Å². The van der Waals surface area contributed by atoms with Gasteiger partial charge >= 0.3 is 5.97 Å². The molecule has 2 N–H and O–H groups in total. The summed E-state index contributed by atoms with van der Waals surface area (Å²) in [6.07, 6.45) is 4.61. The molecule has 1 aromatic carbocycles. The van der Waals surface area contributed by atoms with Crippen LogP contribution in [0.2, 0.25) is 0 Å². The second-order valence-corrected chi connectivity index (χ2v) is 6.09. The van der Waals surface area contributed by atoms with Gasteiger partial charge in [-0.1, -0.05) is 30.3 Å². The molecule has 2 rings (SSSR count). The van der Waals surface area contributed by atoms with Crippen molar-refractivity contribution in [3.8, 4) is 0 Å². The highest BCUT2D eigenvalue weighted by atomic mass is 32.2. The monoisotopic (exact) mass is 265 g/mol. The van der Waals surface area contributed by atoms with Crippen LogP contribution >= 0.6 is 11.8 Å². The fourth-order valence-corrected chi connectivity index (χ4v) is 2.83. The van der Waals surface area contributed by atoms with Crippen LogP contribution in [0.25, 0.3) is 0 Å². The summed E-state index contributed by atoms with van der Waals surface area (Å²) in [6, 6.07) is 9.43. The summed E-state index contributed by atoms with van der Waals surface area (Å²) < 4.78 is 0.375. The lowest BCUT2D eigenvalue weighted by Crippen LogP contribution is -2.32. The summed E-state index contributed by atoms with van der Waals surface area (Å²) >= 11 is 1.88. The Morgan fingerprint density at radius 2 is 2.11 bits per heavy atom. The van der Waals surface area contributed by atoms with Crippen LogP contribution in [0.1, 0.15) is 24.3 Å². The van der Waals surface area contributed by atoms with E-state index in [1.54, 1.807) is 0 Å². The van der Waals surface area contributed by atoms with Crippen LogP contribution in [0.15, 0.2) is 30.3 Å². The molecule has 1 aliphatic rings. The molecule has 18 heavy (non-hydrogen) atoms. The van der Waals surface area contributed by atoms with Gasteiger partial charge in [-0.3, -0.25) is 4.79 Å². The van der Waals surface area contributed by atoms with Gasteiger partial charge in [0.2, 0.25) is 0 Å². The fraction of sp³-hybridized carbons (Fsp3) is 0.500. The number of carbonyl (C=O) groups is 1. The molecule has 1 atom stereocenters. The number of rotatable bonds is 7. The molecule has 3 nitrogen and oxygen atoms in total. The number of carboxylic acid groups (broad SMARTS) is 1. The Kier molecular flexibility index (Phi) is 4.30. The first kappa shape index (κ1) is 13.4. The van der Waals surface area contributed by atoms with Crippen molar-refractivity contribution < 1.29 is 9.90 Å². The van der Waals surface area contributed by atoms with Crippen molar-refractivity contribution in [2.75, 3.05) is 19.3 Å². The number of carboxylic acids is 1. The molecule has 0 heterocycles. The molecule has 1 aromatic rings. The van der Waals surface area contributed by atoms with Gasteiger partial charge in [0.25, 0.3) is 0 Å². The van der Waals surface area contributed by atoms with Crippen molar-refractivity contribution in [1.29, 1.82) is 0 Å². The Morgan fingerprint density at radius 1 is 1.44 bits per heavy atom. The molecule has 1 aliphatic carbocycles. The number of hydrogen-bond donors (Lipinski definition) is 2. The molecule has 1 unspecified atom stereocenters. The first-order chi connectivity index (χ1) is 8.67. The van der Waals surface area contributed by atoms with Crippen molar-refractivity contribution in [2.45, 2.75) is 23.5 Å². The van der Waals surface area contributed by atoms with E-state index in [4.69, 9.17) is 0 Å². The SMILES string of the molecule is CSC1(CNCC(C(=O)O)c2ccccc2)CC1. The number of thioether (sulfide) groups is 1. The topological polar surface area (TPSA) is 49.3 Å². The molecular weight excluding hydrogens is 246 g/mol. The van der Waals surface area contributed by atoms with E-state index in [0.29, 0.717) is 11.3 Å². The summed E-state index contributed by atoms with van der Waals surface area (Å²) in [7, 11) is 0. The standard InChI is InChI=1S/C14H19NO2S/c1-18-14(7-8-14)10-15-9-12(13(16)17)11-5-3-2-4-6-11/h2-6,12,15H,7-10H2,1H3,(H,16,17). The minimum absolute atomic E-state index is 0.375. The van der Waals surface area contributed by atoms with Crippen LogP contribution < -0.4 is 5.32 Å². The van der Waals surface area contributed by atoms with E-state index in [9.17, 15) is 9.90 Å². The summed E-state index contributed by atoms with van der Waals surface area (Å²) in [5.74, 6) is -1.22. The van der Waals surface area contributed by atoms with Gasteiger partial charge < -0.3 is 10.4 Å². The van der Waals surface area contributed by atoms with Crippen molar-refractivity contribution in [3.63, 3.8) is 0 Å². The molecule has 0 bridgehead atoms. The highest BCUT2D eigenvalue weighted by Crippen LogP contribution is 2.46. The van der Waals surface area contributed by atoms with Crippen molar-refractivity contribution in [3.05, 3.63) is 35.9 Å². The normalized spacial score (nSPS) is 18.3. The molecule has 1 saturated carbocycles. The molecule has 0 radical (unpaired) electrons. The van der Waals surface area contributed by atoms with E-state index in [2.05, 4.69) is 11.6 Å². The highest BCUT2D eigenvalue weighted by molar-refractivity contribution is 8.00. The summed E-state index contributed by atoms with van der Waals surface area (Å²) in [5.41, 5.74) is 0.867. The zero-order chi connectivity index (χ0) is 13.0. The Morgan fingerprint density at radius 3 is 2.61 bits per heavy atom. The van der Waals surface area contributed by atoms with E-state index in [1.165, 1.54) is 12.8 Å². The first-order valence-corrected chi connectivity index (χ1v) is 7.43. The number of hydrogen-bond acceptors (Lipinski definition) is 3. The molecule has 0 aliphatic heterocycles. The van der Waals surface area contributed by atoms with Crippen LogP contribution in [0.3, 0.4) is 0 Å². The first-order valence-electron chi connectivity index (χ1n) is 6.20. The summed E-state index contributed by atoms with van der Waals surface area (Å²) in [4.78, 5) is 11.3. The van der Waals surface area contributed by atoms with E-state index >= 15 is 0 Å². The highest BCUT2D eigenvalue weighted by Gasteiger charge is 2.41. The minimum Gasteiger partial charge on any atom is -0.481 e. The predicted octanol–water partition coefficient (Wildman–Crippen LogP) is 2.34. The second-order valence-electron chi connectivity index (χ2n) is 4.82. The molecule has 4 heteroatoms. The van der Waals surface area contributed by atoms with E-state index in [0.717, 1.165) is 12.1 Å². The van der Waals surface area contributed by atoms with Gasteiger partial charge in [0.1, 0.15) is 0 Å². The van der Waals surface area contributed by atoms with Crippen molar-refractivity contribution in [2.24, 2.45) is 0 Å². The minimum atomic E-state index is -0.761. The maximum absolute atomic E-state index is 11.3. The largest absolute Gasteiger partial charge is 0.481 e. The smallest absolute Gasteiger partial charge is 0.312 e. The molecule has 0 spiro atoms. The predicted molar refractivity (Wildman–Crippen MR) is 75.2 cm³/mol. The van der Waals surface area contributed by atoms with Crippen LogP contribution in [0.5, 0.6) is 0 Å². The molecular formula is C14H19NO2S. The lowest BCUT2D eigenvalue weighted by Gasteiger charge is -2.17. The molecule has 1 fully saturated rings. The maximum Gasteiger partial charge on any atom is 0.312 e. The lowest BCUT2D eigenvalue weighted by molar-refractivity contribution is -0.138. The zero-order valence-electron chi connectivity index (χ0n) is 10.6. The molecule has 98 valence electrons. The average molecular weight is 265 g/mol. The van der Waals surface area contributed by atoms with Gasteiger partial charge in [-0.05, 0) is 24.7 Å². The summed E-state index contributed by atoms with van der Waals surface area (Å²) in [6.45, 7) is 1.41. The number of benzene rings is 1. The van der Waals surface area contributed by atoms with Gasteiger partial charge in [0.15, 0.2) is 0 Å². The van der Waals surface area contributed by atoms with Gasteiger partial charge in [-0.25, -0.2) is 0 Å². The molecule has 0 saturated heterocycles. The van der Waals surface area contributed by atoms with Gasteiger partial charge in [0.05, 0.1) is 5.92 Å². The Balaban J connectivity index is 1.90. The third kappa shape index (κ3) is 3.27. The second kappa shape index (κ2) is 5.76. The van der Waals surface area contributed by atoms with E-state index in [1.807, 2.05) is 42.1 Å². The summed E-state index contributed by atoms with van der Waals surface area (Å²) in [5, 5.41) is 12.6. The lowest BCUT2D eigenvalue weighted by atomic mass is 9.99. The van der Waals surface area contributed by atoms with Gasteiger partial charge in [-0.15, -0.1) is 0 Å². The third-order valence-corrected chi connectivity index (χ3v) is 4.95. The fourth-order valence-electron chi connectivity index (χ4n) is 2.07. The van der Waals surface area contributed by atoms with Gasteiger partial charge in [-0.2, -0.15) is 11.8 Å². The number of aliphatic carboxylic acids is 1. The van der Waals surface area contributed by atoms with Crippen LogP contribution in [0.4, 0.5) is 0 Å². The average Bonchev–Trinajstić information content (AvgIpc) is 3.16. The Bertz CT molecular complexity index is 404. The number of nitrogens with one attached hydrogen (secondary N) is 1. The van der Waals surface area contributed by atoms with Crippen molar-refractivity contribution >= 4 is 17.7 Å². The van der Waals surface area contributed by atoms with Crippen LogP contribution in [-0.2, 0) is 4.79 Å². The van der Waals surface area contributed by atoms with Crippen molar-refractivity contribution in [1.82, 2.24) is 5.32 Å². The maximum atomic E-state index is 11.3. The molecule has 0 amide bonds. The Hall–Kier alpha value is -1.00. The van der Waals surface area contributed by atoms with E-state index < -0.39 is 11.9 Å². The van der Waals surface area contributed by atoms with Crippen LogP contribution in [0, 0.1) is 0 Å². The quantitative estimate of drug-likeness (QED) is 0.794. The Labute approximate surface area is 112 Å². The van der Waals surface area contributed by atoms with Crippen LogP contribution in [-0.4, -0.2) is 35.2 Å².